The smallest absolute Gasteiger partial charge is 0.264 e. The van der Waals surface area contributed by atoms with Gasteiger partial charge in [-0.05, 0) is 48.6 Å². The van der Waals surface area contributed by atoms with Crippen molar-refractivity contribution in [3.05, 3.63) is 66.0 Å². The first-order valence-electron chi connectivity index (χ1n) is 7.72. The van der Waals surface area contributed by atoms with Crippen molar-refractivity contribution >= 4 is 15.9 Å². The van der Waals surface area contributed by atoms with Crippen LogP contribution in [0, 0.1) is 11.7 Å². The van der Waals surface area contributed by atoms with Crippen LogP contribution in [0.3, 0.4) is 0 Å². The molecular formula is C18H20FNO3S. The van der Waals surface area contributed by atoms with E-state index in [0.29, 0.717) is 0 Å². The Morgan fingerprint density at radius 1 is 1.08 bits per heavy atom. The Morgan fingerprint density at radius 3 is 2.33 bits per heavy atom. The molecule has 1 N–H and O–H groups in total. The lowest BCUT2D eigenvalue weighted by Crippen LogP contribution is -2.31. The number of carbonyl (C=O) groups excluding carboxylic acids is 1. The van der Waals surface area contributed by atoms with Crippen molar-refractivity contribution in [1.82, 2.24) is 4.72 Å². The Labute approximate surface area is 141 Å². The molecular weight excluding hydrogens is 329 g/mol. The number of sulfonamides is 1. The molecule has 128 valence electrons. The van der Waals surface area contributed by atoms with Crippen molar-refractivity contribution < 1.29 is 17.6 Å². The first-order valence-corrected chi connectivity index (χ1v) is 9.20. The Bertz CT molecular complexity index is 774. The van der Waals surface area contributed by atoms with Crippen LogP contribution in [0.1, 0.15) is 25.3 Å². The van der Waals surface area contributed by atoms with Gasteiger partial charge in [-0.2, -0.15) is 0 Å². The van der Waals surface area contributed by atoms with Gasteiger partial charge < -0.3 is 0 Å². The Balaban J connectivity index is 1.86. The van der Waals surface area contributed by atoms with Gasteiger partial charge in [0.1, 0.15) is 5.82 Å². The van der Waals surface area contributed by atoms with Crippen molar-refractivity contribution in [3.63, 3.8) is 0 Å². The van der Waals surface area contributed by atoms with E-state index in [-0.39, 0.29) is 17.2 Å². The fraction of sp³-hybridized carbons (Fsp3) is 0.278. The Hall–Kier alpha value is -2.21. The summed E-state index contributed by atoms with van der Waals surface area (Å²) in [6, 6.07) is 14.2. The molecule has 1 unspecified atom stereocenters. The van der Waals surface area contributed by atoms with Crippen LogP contribution in [0.4, 0.5) is 4.39 Å². The molecule has 0 fully saturated rings. The topological polar surface area (TPSA) is 63.2 Å². The summed E-state index contributed by atoms with van der Waals surface area (Å²) >= 11 is 0. The number of nitrogens with one attached hydrogen (secondary N) is 1. The van der Waals surface area contributed by atoms with E-state index in [1.807, 2.05) is 42.0 Å². The number of halogens is 1. The van der Waals surface area contributed by atoms with Gasteiger partial charge in [-0.1, -0.05) is 37.3 Å². The van der Waals surface area contributed by atoms with Crippen molar-refractivity contribution in [2.45, 2.75) is 31.1 Å². The lowest BCUT2D eigenvalue weighted by molar-refractivity contribution is -0.120. The molecule has 0 bridgehead atoms. The van der Waals surface area contributed by atoms with E-state index in [1.165, 1.54) is 5.56 Å². The van der Waals surface area contributed by atoms with Gasteiger partial charge in [-0.3, -0.25) is 4.79 Å². The number of carbonyl (C=O) groups is 1. The second-order valence-electron chi connectivity index (χ2n) is 5.82. The van der Waals surface area contributed by atoms with Crippen LogP contribution in [-0.2, 0) is 21.2 Å². The minimum atomic E-state index is -3.96. The maximum atomic E-state index is 12.9. The van der Waals surface area contributed by atoms with Crippen LogP contribution in [0.15, 0.2) is 59.5 Å². The number of rotatable bonds is 7. The SMILES string of the molecule is CC(CCc1ccccc1)CC(=O)NS(=O)(=O)c1ccc(F)cc1. The van der Waals surface area contributed by atoms with Crippen LogP contribution >= 0.6 is 0 Å². The number of aryl methyl sites for hydroxylation is 1. The third kappa shape index (κ3) is 5.45. The molecule has 6 heteroatoms. The second kappa shape index (κ2) is 8.06. The molecule has 1 amide bonds. The van der Waals surface area contributed by atoms with Gasteiger partial charge in [-0.15, -0.1) is 0 Å². The highest BCUT2D eigenvalue weighted by Crippen LogP contribution is 2.14. The number of benzene rings is 2. The van der Waals surface area contributed by atoms with E-state index in [2.05, 4.69) is 0 Å². The zero-order valence-electron chi connectivity index (χ0n) is 13.4. The molecule has 0 aliphatic rings. The summed E-state index contributed by atoms with van der Waals surface area (Å²) in [7, 11) is -3.96. The highest BCUT2D eigenvalue weighted by atomic mass is 32.2. The number of hydrogen-bond donors (Lipinski definition) is 1. The summed E-state index contributed by atoms with van der Waals surface area (Å²) in [5, 5.41) is 0. The fourth-order valence-corrected chi connectivity index (χ4v) is 3.34. The maximum absolute atomic E-state index is 12.9. The van der Waals surface area contributed by atoms with E-state index >= 15 is 0 Å². The highest BCUT2D eigenvalue weighted by molar-refractivity contribution is 7.90. The third-order valence-corrected chi connectivity index (χ3v) is 5.06. The molecule has 0 saturated heterocycles. The average molecular weight is 349 g/mol. The van der Waals surface area contributed by atoms with E-state index in [9.17, 15) is 17.6 Å². The summed E-state index contributed by atoms with van der Waals surface area (Å²) < 4.78 is 39.0. The molecule has 0 aliphatic carbocycles. The van der Waals surface area contributed by atoms with Crippen molar-refractivity contribution in [2.75, 3.05) is 0 Å². The minimum Gasteiger partial charge on any atom is -0.274 e. The van der Waals surface area contributed by atoms with E-state index in [1.54, 1.807) is 0 Å². The molecule has 0 radical (unpaired) electrons. The zero-order chi connectivity index (χ0) is 17.6. The predicted octanol–water partition coefficient (Wildman–Crippen LogP) is 3.29. The molecule has 2 aromatic rings. The molecule has 1 atom stereocenters. The predicted molar refractivity (Wildman–Crippen MR) is 90.3 cm³/mol. The molecule has 0 aromatic heterocycles. The summed E-state index contributed by atoms with van der Waals surface area (Å²) in [6.07, 6.45) is 1.74. The van der Waals surface area contributed by atoms with Gasteiger partial charge in [0.15, 0.2) is 0 Å². The quantitative estimate of drug-likeness (QED) is 0.834. The Morgan fingerprint density at radius 2 is 1.71 bits per heavy atom. The van der Waals surface area contributed by atoms with Crippen LogP contribution in [0.2, 0.25) is 0 Å². The van der Waals surface area contributed by atoms with Gasteiger partial charge in [0.2, 0.25) is 5.91 Å². The third-order valence-electron chi connectivity index (χ3n) is 3.67. The standard InChI is InChI=1S/C18H20FNO3S/c1-14(7-8-15-5-3-2-4-6-15)13-18(21)20-24(22,23)17-11-9-16(19)10-12-17/h2-6,9-12,14H,7-8,13H2,1H3,(H,20,21). The van der Waals surface area contributed by atoms with Crippen molar-refractivity contribution in [1.29, 1.82) is 0 Å². The fourth-order valence-electron chi connectivity index (χ4n) is 2.34. The lowest BCUT2D eigenvalue weighted by Gasteiger charge is -2.12. The summed E-state index contributed by atoms with van der Waals surface area (Å²) in [5.74, 6) is -1.04. The van der Waals surface area contributed by atoms with Crippen molar-refractivity contribution in [2.24, 2.45) is 5.92 Å². The van der Waals surface area contributed by atoms with E-state index < -0.39 is 21.7 Å². The first-order chi connectivity index (χ1) is 11.4. The zero-order valence-corrected chi connectivity index (χ0v) is 14.2. The molecule has 2 aromatic carbocycles. The van der Waals surface area contributed by atoms with Crippen LogP contribution in [0.5, 0.6) is 0 Å². The average Bonchev–Trinajstić information content (AvgIpc) is 2.53. The van der Waals surface area contributed by atoms with E-state index in [4.69, 9.17) is 0 Å². The van der Waals surface area contributed by atoms with Gasteiger partial charge in [0.05, 0.1) is 4.90 Å². The summed E-state index contributed by atoms with van der Waals surface area (Å²) in [5.41, 5.74) is 1.18. The minimum absolute atomic E-state index is 0.0497. The Kier molecular flexibility index (Phi) is 6.09. The molecule has 0 spiro atoms. The van der Waals surface area contributed by atoms with Gasteiger partial charge in [0.25, 0.3) is 10.0 Å². The molecule has 0 heterocycles. The largest absolute Gasteiger partial charge is 0.274 e. The summed E-state index contributed by atoms with van der Waals surface area (Å²) in [6.45, 7) is 1.91. The first kappa shape index (κ1) is 18.1. The lowest BCUT2D eigenvalue weighted by atomic mass is 9.98. The van der Waals surface area contributed by atoms with Gasteiger partial charge >= 0.3 is 0 Å². The van der Waals surface area contributed by atoms with Crippen LogP contribution < -0.4 is 4.72 Å². The van der Waals surface area contributed by atoms with Gasteiger partial charge in [-0.25, -0.2) is 17.5 Å². The maximum Gasteiger partial charge on any atom is 0.264 e. The summed E-state index contributed by atoms with van der Waals surface area (Å²) in [4.78, 5) is 11.8. The number of hydrogen-bond acceptors (Lipinski definition) is 3. The monoisotopic (exact) mass is 349 g/mol. The molecule has 24 heavy (non-hydrogen) atoms. The van der Waals surface area contributed by atoms with Gasteiger partial charge in [0, 0.05) is 6.42 Å². The van der Waals surface area contributed by atoms with Crippen LogP contribution in [-0.4, -0.2) is 14.3 Å². The second-order valence-corrected chi connectivity index (χ2v) is 7.50. The molecule has 0 aliphatic heterocycles. The number of amides is 1. The normalized spacial score (nSPS) is 12.6. The molecule has 0 saturated carbocycles. The van der Waals surface area contributed by atoms with Crippen LogP contribution in [0.25, 0.3) is 0 Å². The van der Waals surface area contributed by atoms with Crippen molar-refractivity contribution in [3.8, 4) is 0 Å². The molecule has 2 rings (SSSR count). The van der Waals surface area contributed by atoms with E-state index in [0.717, 1.165) is 37.1 Å². The molecule has 4 nitrogen and oxygen atoms in total. The highest BCUT2D eigenvalue weighted by Gasteiger charge is 2.19.